The summed E-state index contributed by atoms with van der Waals surface area (Å²) in [4.78, 5) is 7.75. The maximum absolute atomic E-state index is 5.04. The maximum Gasteiger partial charge on any atom is 0.120 e. The minimum atomic E-state index is 0.665. The Balaban J connectivity index is 0. The van der Waals surface area contributed by atoms with Gasteiger partial charge in [-0.25, -0.2) is 4.99 Å². The molecule has 0 aromatic rings. The molecule has 0 radical (unpaired) electrons. The molecule has 2 heteroatoms. The third kappa shape index (κ3) is 8.90. The van der Waals surface area contributed by atoms with E-state index in [4.69, 9.17) is 6.42 Å². The zero-order valence-electron chi connectivity index (χ0n) is 7.97. The van der Waals surface area contributed by atoms with Crippen molar-refractivity contribution in [2.75, 3.05) is 7.05 Å². The molecule has 0 spiro atoms. The molecule has 0 aromatic heterocycles. The van der Waals surface area contributed by atoms with Gasteiger partial charge in [-0.3, -0.25) is 4.99 Å². The SMILES string of the molecule is C#CC(C)=NC(C)=NC.CC. The smallest absolute Gasteiger partial charge is 0.120 e. The van der Waals surface area contributed by atoms with E-state index in [-0.39, 0.29) is 0 Å². The first-order valence-electron chi connectivity index (χ1n) is 3.66. The minimum Gasteiger partial charge on any atom is -0.274 e. The van der Waals surface area contributed by atoms with Crippen molar-refractivity contribution in [3.8, 4) is 12.3 Å². The fraction of sp³-hybridized carbons (Fsp3) is 0.556. The van der Waals surface area contributed by atoms with Crippen molar-refractivity contribution in [2.24, 2.45) is 9.98 Å². The van der Waals surface area contributed by atoms with Gasteiger partial charge in [0, 0.05) is 7.05 Å². The van der Waals surface area contributed by atoms with Gasteiger partial charge in [0.25, 0.3) is 0 Å². The Bertz CT molecular complexity index is 182. The van der Waals surface area contributed by atoms with E-state index < -0.39 is 0 Å². The molecule has 0 aliphatic carbocycles. The lowest BCUT2D eigenvalue weighted by Gasteiger charge is -1.87. The Morgan fingerprint density at radius 1 is 1.27 bits per heavy atom. The molecular formula is C9H16N2. The summed E-state index contributed by atoms with van der Waals surface area (Å²) in [5.74, 6) is 3.11. The van der Waals surface area contributed by atoms with E-state index in [0.29, 0.717) is 11.5 Å². The average molecular weight is 152 g/mol. The van der Waals surface area contributed by atoms with E-state index in [2.05, 4.69) is 15.9 Å². The third-order valence-corrected chi connectivity index (χ3v) is 0.862. The Hall–Kier alpha value is -1.10. The summed E-state index contributed by atoms with van der Waals surface area (Å²) in [7, 11) is 1.68. The molecule has 0 saturated heterocycles. The van der Waals surface area contributed by atoms with Crippen molar-refractivity contribution in [3.63, 3.8) is 0 Å². The number of rotatable bonds is 0. The lowest BCUT2D eigenvalue weighted by molar-refractivity contribution is 1.38. The van der Waals surface area contributed by atoms with Crippen LogP contribution < -0.4 is 0 Å². The molecule has 0 unspecified atom stereocenters. The van der Waals surface area contributed by atoms with E-state index >= 15 is 0 Å². The first kappa shape index (κ1) is 12.6. The molecule has 0 atom stereocenters. The van der Waals surface area contributed by atoms with Gasteiger partial charge in [0.1, 0.15) is 5.84 Å². The van der Waals surface area contributed by atoms with Crippen LogP contribution in [0.3, 0.4) is 0 Å². The van der Waals surface area contributed by atoms with E-state index in [1.165, 1.54) is 0 Å². The Morgan fingerprint density at radius 3 is 2.00 bits per heavy atom. The van der Waals surface area contributed by atoms with Crippen LogP contribution in [0.4, 0.5) is 0 Å². The standard InChI is InChI=1S/C7H10N2.C2H6/c1-5-6(2)9-7(3)8-4;1-2/h1H,2-4H3;1-2H3. The predicted molar refractivity (Wildman–Crippen MR) is 52.3 cm³/mol. The fourth-order valence-electron chi connectivity index (χ4n) is 0.325. The first-order chi connectivity index (χ1) is 5.20. The van der Waals surface area contributed by atoms with Gasteiger partial charge in [0.05, 0.1) is 5.71 Å². The topological polar surface area (TPSA) is 24.7 Å². The van der Waals surface area contributed by atoms with Crippen LogP contribution in [0, 0.1) is 12.3 Å². The molecule has 0 heterocycles. The molecule has 0 aliphatic heterocycles. The van der Waals surface area contributed by atoms with Crippen molar-refractivity contribution in [3.05, 3.63) is 0 Å². The van der Waals surface area contributed by atoms with Gasteiger partial charge in [0.2, 0.25) is 0 Å². The molecule has 0 fully saturated rings. The van der Waals surface area contributed by atoms with Gasteiger partial charge in [-0.2, -0.15) is 0 Å². The molecule has 0 bridgehead atoms. The van der Waals surface area contributed by atoms with Crippen LogP contribution in [0.15, 0.2) is 9.98 Å². The largest absolute Gasteiger partial charge is 0.274 e. The zero-order valence-corrected chi connectivity index (χ0v) is 7.97. The molecular weight excluding hydrogens is 136 g/mol. The summed E-state index contributed by atoms with van der Waals surface area (Å²) in [6.07, 6.45) is 5.04. The number of nitrogens with zero attached hydrogens (tertiary/aromatic N) is 2. The Morgan fingerprint density at radius 2 is 1.73 bits per heavy atom. The molecule has 0 saturated carbocycles. The van der Waals surface area contributed by atoms with Gasteiger partial charge in [0.15, 0.2) is 0 Å². The highest BCUT2D eigenvalue weighted by Crippen LogP contribution is 1.79. The number of hydrogen-bond donors (Lipinski definition) is 0. The lowest BCUT2D eigenvalue weighted by Crippen LogP contribution is -1.91. The number of terminal acetylenes is 1. The molecule has 2 nitrogen and oxygen atoms in total. The zero-order chi connectivity index (χ0) is 9.28. The van der Waals surface area contributed by atoms with E-state index in [0.717, 1.165) is 0 Å². The second kappa shape index (κ2) is 8.90. The molecule has 0 aromatic carbocycles. The molecule has 0 amide bonds. The van der Waals surface area contributed by atoms with E-state index in [1.807, 2.05) is 13.8 Å². The second-order valence-electron chi connectivity index (χ2n) is 1.61. The second-order valence-corrected chi connectivity index (χ2v) is 1.61. The molecule has 62 valence electrons. The normalized spacial score (nSPS) is 11.3. The Labute approximate surface area is 69.5 Å². The fourth-order valence-corrected chi connectivity index (χ4v) is 0.325. The summed E-state index contributed by atoms with van der Waals surface area (Å²) >= 11 is 0. The quantitative estimate of drug-likeness (QED) is 0.289. The van der Waals surface area contributed by atoms with Gasteiger partial charge in [-0.15, -0.1) is 6.42 Å². The highest BCUT2D eigenvalue weighted by atomic mass is 14.9. The van der Waals surface area contributed by atoms with Crippen LogP contribution in [0.1, 0.15) is 27.7 Å². The molecule has 11 heavy (non-hydrogen) atoms. The predicted octanol–water partition coefficient (Wildman–Crippen LogP) is 2.15. The van der Waals surface area contributed by atoms with Crippen LogP contribution in [-0.4, -0.2) is 18.6 Å². The lowest BCUT2D eigenvalue weighted by atomic mass is 10.4. The monoisotopic (exact) mass is 152 g/mol. The van der Waals surface area contributed by atoms with Crippen molar-refractivity contribution in [1.29, 1.82) is 0 Å². The highest BCUT2D eigenvalue weighted by molar-refractivity contribution is 6.05. The molecule has 0 N–H and O–H groups in total. The summed E-state index contributed by atoms with van der Waals surface area (Å²) in [6.45, 7) is 7.58. The third-order valence-electron chi connectivity index (χ3n) is 0.862. The van der Waals surface area contributed by atoms with Gasteiger partial charge in [-0.05, 0) is 13.8 Å². The van der Waals surface area contributed by atoms with Crippen LogP contribution in [-0.2, 0) is 0 Å². The average Bonchev–Trinajstić information content (AvgIpc) is 2.07. The van der Waals surface area contributed by atoms with E-state index in [9.17, 15) is 0 Å². The molecule has 0 rings (SSSR count). The van der Waals surface area contributed by atoms with E-state index in [1.54, 1.807) is 20.9 Å². The van der Waals surface area contributed by atoms with Crippen molar-refractivity contribution in [1.82, 2.24) is 0 Å². The van der Waals surface area contributed by atoms with Gasteiger partial charge in [-0.1, -0.05) is 19.8 Å². The van der Waals surface area contributed by atoms with Gasteiger partial charge < -0.3 is 0 Å². The summed E-state index contributed by atoms with van der Waals surface area (Å²) in [6, 6.07) is 0. The highest BCUT2D eigenvalue weighted by Gasteiger charge is 1.82. The van der Waals surface area contributed by atoms with Crippen LogP contribution >= 0.6 is 0 Å². The van der Waals surface area contributed by atoms with Crippen LogP contribution in [0.2, 0.25) is 0 Å². The Kier molecular flexibility index (Phi) is 10.2. The van der Waals surface area contributed by atoms with Gasteiger partial charge >= 0.3 is 0 Å². The van der Waals surface area contributed by atoms with Crippen LogP contribution in [0.25, 0.3) is 0 Å². The summed E-state index contributed by atoms with van der Waals surface area (Å²) in [5, 5.41) is 0. The first-order valence-corrected chi connectivity index (χ1v) is 3.66. The number of amidine groups is 1. The molecule has 0 aliphatic rings. The maximum atomic E-state index is 5.04. The van der Waals surface area contributed by atoms with Crippen molar-refractivity contribution in [2.45, 2.75) is 27.7 Å². The van der Waals surface area contributed by atoms with Crippen LogP contribution in [0.5, 0.6) is 0 Å². The minimum absolute atomic E-state index is 0.665. The summed E-state index contributed by atoms with van der Waals surface area (Å²) in [5.41, 5.74) is 0.665. The number of aliphatic imine (C=N–C) groups is 2. The van der Waals surface area contributed by atoms with Crippen molar-refractivity contribution < 1.29 is 0 Å². The number of hydrogen-bond acceptors (Lipinski definition) is 1. The van der Waals surface area contributed by atoms with Crippen molar-refractivity contribution >= 4 is 11.5 Å². The summed E-state index contributed by atoms with van der Waals surface area (Å²) < 4.78 is 0.